The number of pyridine rings is 1. The van der Waals surface area contributed by atoms with Crippen molar-refractivity contribution in [2.24, 2.45) is 0 Å². The van der Waals surface area contributed by atoms with Gasteiger partial charge in [-0.25, -0.2) is 0 Å². The van der Waals surface area contributed by atoms with Crippen LogP contribution in [-0.2, 0) is 0 Å². The first-order valence-electron chi connectivity index (χ1n) is 3.78. The third-order valence-corrected chi connectivity index (χ3v) is 2.67. The van der Waals surface area contributed by atoms with Gasteiger partial charge >= 0.3 is 18.1 Å². The summed E-state index contributed by atoms with van der Waals surface area (Å²) in [5.74, 6) is -1.49. The molecule has 0 saturated carbocycles. The number of ether oxygens (including phenoxy) is 1. The molecule has 1 aromatic rings. The fourth-order valence-electron chi connectivity index (χ4n) is 0.846. The highest BCUT2D eigenvalue weighted by Gasteiger charge is 2.35. The zero-order chi connectivity index (χ0) is 12.5. The summed E-state index contributed by atoms with van der Waals surface area (Å²) in [5.41, 5.74) is 0.100. The van der Waals surface area contributed by atoms with E-state index in [1.54, 1.807) is 22.6 Å². The van der Waals surface area contributed by atoms with E-state index in [4.69, 9.17) is 0 Å². The van der Waals surface area contributed by atoms with Gasteiger partial charge in [0.1, 0.15) is 0 Å². The Labute approximate surface area is 101 Å². The number of halogens is 4. The maximum Gasteiger partial charge on any atom is 0.575 e. The maximum atomic E-state index is 12.0. The van der Waals surface area contributed by atoms with Crippen LogP contribution in [0.15, 0.2) is 6.07 Å². The number of hydrogen-bond donors (Lipinski definition) is 0. The molecule has 0 N–H and O–H groups in total. The van der Waals surface area contributed by atoms with Crippen molar-refractivity contribution in [2.75, 3.05) is 0 Å². The molecule has 0 radical (unpaired) electrons. The lowest BCUT2D eigenvalue weighted by molar-refractivity contribution is -0.390. The first-order chi connectivity index (χ1) is 7.20. The summed E-state index contributed by atoms with van der Waals surface area (Å²) >= 11 is 1.67. The Hall–Kier alpha value is -1.13. The molecule has 0 unspecified atom stereocenters. The molecule has 0 spiro atoms. The maximum absolute atomic E-state index is 12.0. The average molecular weight is 348 g/mol. The number of nitro groups is 1. The minimum Gasteiger partial charge on any atom is -0.366 e. The van der Waals surface area contributed by atoms with Crippen LogP contribution in [0.4, 0.5) is 19.0 Å². The summed E-state index contributed by atoms with van der Waals surface area (Å²) in [6.45, 7) is 1.33. The lowest BCUT2D eigenvalue weighted by Crippen LogP contribution is -2.19. The lowest BCUT2D eigenvalue weighted by atomic mass is 10.3. The molecule has 16 heavy (non-hydrogen) atoms. The Morgan fingerprint density at radius 2 is 2.12 bits per heavy atom. The third-order valence-electron chi connectivity index (χ3n) is 1.55. The minimum absolute atomic E-state index is 0.100. The third kappa shape index (κ3) is 3.18. The van der Waals surface area contributed by atoms with Gasteiger partial charge < -0.3 is 14.9 Å². The van der Waals surface area contributed by atoms with Gasteiger partial charge in [-0.05, 0) is 34.4 Å². The van der Waals surface area contributed by atoms with Crippen molar-refractivity contribution >= 4 is 28.4 Å². The second kappa shape index (κ2) is 4.39. The van der Waals surface area contributed by atoms with Gasteiger partial charge in [0.25, 0.3) is 0 Å². The van der Waals surface area contributed by atoms with Crippen LogP contribution < -0.4 is 4.74 Å². The highest BCUT2D eigenvalue weighted by molar-refractivity contribution is 14.1. The summed E-state index contributed by atoms with van der Waals surface area (Å²) in [6, 6.07) is 1.07. The molecule has 0 fully saturated rings. The van der Waals surface area contributed by atoms with E-state index in [0.29, 0.717) is 0 Å². The zero-order valence-corrected chi connectivity index (χ0v) is 9.87. The van der Waals surface area contributed by atoms with Gasteiger partial charge in [0.2, 0.25) is 0 Å². The predicted molar refractivity (Wildman–Crippen MR) is 55.0 cm³/mol. The molecule has 0 aliphatic rings. The summed E-state index contributed by atoms with van der Waals surface area (Å²) < 4.78 is 39.7. The molecule has 0 saturated heterocycles. The van der Waals surface area contributed by atoms with Crippen LogP contribution in [0.5, 0.6) is 5.88 Å². The standard InChI is InChI=1S/C7H4F3IN2O3/c1-3-4(11)2-5(13(14)15)12-6(3)16-7(8,9)10/h2H,1H3. The molecule has 1 heterocycles. The number of alkyl halides is 3. The Balaban J connectivity index is 3.22. The normalized spacial score (nSPS) is 11.3. The van der Waals surface area contributed by atoms with E-state index in [1.165, 1.54) is 6.92 Å². The number of nitrogens with zero attached hydrogens (tertiary/aromatic N) is 2. The van der Waals surface area contributed by atoms with Crippen molar-refractivity contribution in [3.63, 3.8) is 0 Å². The fourth-order valence-corrected chi connectivity index (χ4v) is 1.36. The zero-order valence-electron chi connectivity index (χ0n) is 7.71. The van der Waals surface area contributed by atoms with Gasteiger partial charge in [-0.1, -0.05) is 0 Å². The SMILES string of the molecule is Cc1c(I)cc([N+](=O)[O-])nc1OC(F)(F)F. The first kappa shape index (κ1) is 12.9. The highest BCUT2D eigenvalue weighted by Crippen LogP contribution is 2.29. The summed E-state index contributed by atoms with van der Waals surface area (Å²) in [5, 5.41) is 10.4. The molecule has 0 atom stereocenters. The molecule has 88 valence electrons. The van der Waals surface area contributed by atoms with E-state index in [0.717, 1.165) is 6.07 Å². The number of aromatic nitrogens is 1. The van der Waals surface area contributed by atoms with E-state index in [1.807, 2.05) is 0 Å². The Morgan fingerprint density at radius 3 is 2.56 bits per heavy atom. The molecule has 0 aromatic carbocycles. The van der Waals surface area contributed by atoms with Crippen molar-refractivity contribution < 1.29 is 22.8 Å². The topological polar surface area (TPSA) is 65.3 Å². The molecule has 0 aliphatic heterocycles. The van der Waals surface area contributed by atoms with E-state index < -0.39 is 23.0 Å². The van der Waals surface area contributed by atoms with Gasteiger partial charge in [0.15, 0.2) is 0 Å². The van der Waals surface area contributed by atoms with Gasteiger partial charge in [0, 0.05) is 14.6 Å². The van der Waals surface area contributed by atoms with Crippen molar-refractivity contribution in [3.05, 3.63) is 25.3 Å². The summed E-state index contributed by atoms with van der Waals surface area (Å²) in [7, 11) is 0. The van der Waals surface area contributed by atoms with Crippen molar-refractivity contribution in [1.82, 2.24) is 4.98 Å². The lowest BCUT2D eigenvalue weighted by Gasteiger charge is -2.07. The minimum atomic E-state index is -4.92. The molecule has 9 heteroatoms. The highest BCUT2D eigenvalue weighted by atomic mass is 127. The Bertz CT molecular complexity index is 436. The predicted octanol–water partition coefficient (Wildman–Crippen LogP) is 2.80. The number of hydrogen-bond acceptors (Lipinski definition) is 4. The van der Waals surface area contributed by atoms with Crippen LogP contribution in [0.25, 0.3) is 0 Å². The van der Waals surface area contributed by atoms with Gasteiger partial charge in [-0.15, -0.1) is 13.2 Å². The van der Waals surface area contributed by atoms with Crippen LogP contribution in [0.2, 0.25) is 0 Å². The van der Waals surface area contributed by atoms with Crippen LogP contribution in [0.3, 0.4) is 0 Å². The van der Waals surface area contributed by atoms with Gasteiger partial charge in [0.05, 0.1) is 5.56 Å². The quantitative estimate of drug-likeness (QED) is 0.468. The Kier molecular flexibility index (Phi) is 3.55. The molecule has 1 aromatic heterocycles. The van der Waals surface area contributed by atoms with Crippen molar-refractivity contribution in [1.29, 1.82) is 0 Å². The van der Waals surface area contributed by atoms with E-state index in [-0.39, 0.29) is 9.13 Å². The second-order valence-corrected chi connectivity index (χ2v) is 3.86. The summed E-state index contributed by atoms with van der Waals surface area (Å²) in [4.78, 5) is 12.7. The molecule has 0 bridgehead atoms. The molecule has 0 amide bonds. The fraction of sp³-hybridized carbons (Fsp3) is 0.286. The van der Waals surface area contributed by atoms with E-state index in [9.17, 15) is 23.3 Å². The monoisotopic (exact) mass is 348 g/mol. The average Bonchev–Trinajstić information content (AvgIpc) is 2.10. The smallest absolute Gasteiger partial charge is 0.366 e. The molecule has 1 rings (SSSR count). The molecular formula is C7H4F3IN2O3. The van der Waals surface area contributed by atoms with Gasteiger partial charge in [-0.3, -0.25) is 0 Å². The van der Waals surface area contributed by atoms with Crippen molar-refractivity contribution in [2.45, 2.75) is 13.3 Å². The van der Waals surface area contributed by atoms with E-state index in [2.05, 4.69) is 9.72 Å². The molecule has 5 nitrogen and oxygen atoms in total. The summed E-state index contributed by atoms with van der Waals surface area (Å²) in [6.07, 6.45) is -4.92. The Morgan fingerprint density at radius 1 is 1.56 bits per heavy atom. The number of rotatable bonds is 2. The van der Waals surface area contributed by atoms with Crippen LogP contribution in [0.1, 0.15) is 5.56 Å². The van der Waals surface area contributed by atoms with Gasteiger partial charge in [-0.2, -0.15) is 0 Å². The van der Waals surface area contributed by atoms with Crippen LogP contribution in [-0.4, -0.2) is 16.3 Å². The molecular weight excluding hydrogens is 344 g/mol. The van der Waals surface area contributed by atoms with Crippen LogP contribution >= 0.6 is 22.6 Å². The van der Waals surface area contributed by atoms with Crippen molar-refractivity contribution in [3.8, 4) is 5.88 Å². The van der Waals surface area contributed by atoms with Crippen LogP contribution in [0, 0.1) is 20.6 Å². The van der Waals surface area contributed by atoms with E-state index >= 15 is 0 Å². The second-order valence-electron chi connectivity index (χ2n) is 2.70. The molecule has 0 aliphatic carbocycles. The first-order valence-corrected chi connectivity index (χ1v) is 4.86. The largest absolute Gasteiger partial charge is 0.575 e.